The lowest BCUT2D eigenvalue weighted by Gasteiger charge is -2.18. The third-order valence-corrected chi connectivity index (χ3v) is 3.48. The van der Waals surface area contributed by atoms with Crippen LogP contribution in [0.4, 0.5) is 9.18 Å². The number of carboxylic acid groups (broad SMARTS) is 1. The van der Waals surface area contributed by atoms with Crippen molar-refractivity contribution >= 4 is 12.1 Å². The first kappa shape index (κ1) is 17.5. The van der Waals surface area contributed by atoms with E-state index in [9.17, 15) is 14.0 Å². The minimum Gasteiger partial charge on any atom is -0.481 e. The number of halogens is 1. The number of carboxylic acids is 1. The lowest BCUT2D eigenvalue weighted by molar-refractivity contribution is -0.137. The van der Waals surface area contributed by atoms with Crippen LogP contribution in [-0.4, -0.2) is 17.2 Å². The van der Waals surface area contributed by atoms with Gasteiger partial charge in [0.15, 0.2) is 0 Å². The van der Waals surface area contributed by atoms with E-state index in [1.165, 1.54) is 12.1 Å². The third-order valence-electron chi connectivity index (χ3n) is 3.48. The van der Waals surface area contributed by atoms with Crippen LogP contribution in [-0.2, 0) is 16.1 Å². The summed E-state index contributed by atoms with van der Waals surface area (Å²) in [5.74, 6) is -1.56. The molecular formula is C18H18FNO4. The summed E-state index contributed by atoms with van der Waals surface area (Å²) in [5, 5.41) is 11.5. The van der Waals surface area contributed by atoms with Gasteiger partial charge in [0, 0.05) is 0 Å². The average molecular weight is 331 g/mol. The van der Waals surface area contributed by atoms with Gasteiger partial charge in [-0.05, 0) is 29.7 Å². The molecule has 0 aliphatic carbocycles. The van der Waals surface area contributed by atoms with Crippen molar-refractivity contribution in [3.8, 4) is 0 Å². The zero-order valence-electron chi connectivity index (χ0n) is 13.2. The zero-order chi connectivity index (χ0) is 17.5. The standard InChI is InChI=1S/C18H18FNO4/c1-12-7-8-14(9-15(12)19)16(10-17(21)22)20-18(23)24-11-13-5-3-2-4-6-13/h2-9,16H,10-11H2,1H3,(H,20,23)(H,21,22)/t16-/m0/s1. The number of aliphatic carboxylic acids is 1. The monoisotopic (exact) mass is 331 g/mol. The Morgan fingerprint density at radius 1 is 1.21 bits per heavy atom. The second-order valence-electron chi connectivity index (χ2n) is 5.37. The van der Waals surface area contributed by atoms with E-state index in [1.807, 2.05) is 18.2 Å². The van der Waals surface area contributed by atoms with Crippen LogP contribution in [0.15, 0.2) is 48.5 Å². The molecule has 2 aromatic carbocycles. The van der Waals surface area contributed by atoms with Gasteiger partial charge in [-0.2, -0.15) is 0 Å². The van der Waals surface area contributed by atoms with E-state index in [4.69, 9.17) is 9.84 Å². The highest BCUT2D eigenvalue weighted by Gasteiger charge is 2.19. The summed E-state index contributed by atoms with van der Waals surface area (Å²) in [6, 6.07) is 12.6. The molecule has 2 N–H and O–H groups in total. The Balaban J connectivity index is 2.03. The van der Waals surface area contributed by atoms with Gasteiger partial charge < -0.3 is 15.2 Å². The van der Waals surface area contributed by atoms with Gasteiger partial charge in [0.2, 0.25) is 0 Å². The Morgan fingerprint density at radius 2 is 1.92 bits per heavy atom. The maximum atomic E-state index is 13.7. The molecule has 6 heteroatoms. The van der Waals surface area contributed by atoms with Crippen molar-refractivity contribution in [2.24, 2.45) is 0 Å². The number of carbonyl (C=O) groups excluding carboxylic acids is 1. The molecule has 0 saturated heterocycles. The fourth-order valence-corrected chi connectivity index (χ4v) is 2.16. The molecule has 0 spiro atoms. The molecule has 24 heavy (non-hydrogen) atoms. The number of nitrogens with one attached hydrogen (secondary N) is 1. The van der Waals surface area contributed by atoms with Crippen molar-refractivity contribution in [2.75, 3.05) is 0 Å². The van der Waals surface area contributed by atoms with E-state index in [-0.39, 0.29) is 13.0 Å². The number of carbonyl (C=O) groups is 2. The highest BCUT2D eigenvalue weighted by Crippen LogP contribution is 2.20. The number of hydrogen-bond donors (Lipinski definition) is 2. The first-order valence-electron chi connectivity index (χ1n) is 7.41. The van der Waals surface area contributed by atoms with Crippen LogP contribution in [0.2, 0.25) is 0 Å². The summed E-state index contributed by atoms with van der Waals surface area (Å²) in [5.41, 5.74) is 1.63. The van der Waals surface area contributed by atoms with Gasteiger partial charge in [-0.1, -0.05) is 42.5 Å². The summed E-state index contributed by atoms with van der Waals surface area (Å²) >= 11 is 0. The van der Waals surface area contributed by atoms with Gasteiger partial charge in [-0.3, -0.25) is 4.79 Å². The van der Waals surface area contributed by atoms with Crippen LogP contribution in [0, 0.1) is 12.7 Å². The van der Waals surface area contributed by atoms with Crippen molar-refractivity contribution < 1.29 is 23.8 Å². The highest BCUT2D eigenvalue weighted by molar-refractivity contribution is 5.72. The van der Waals surface area contributed by atoms with Crippen LogP contribution in [0.1, 0.15) is 29.2 Å². The van der Waals surface area contributed by atoms with Crippen molar-refractivity contribution in [1.82, 2.24) is 5.32 Å². The van der Waals surface area contributed by atoms with Gasteiger partial charge in [-0.15, -0.1) is 0 Å². The van der Waals surface area contributed by atoms with E-state index in [1.54, 1.807) is 25.1 Å². The average Bonchev–Trinajstić information content (AvgIpc) is 2.55. The van der Waals surface area contributed by atoms with Crippen LogP contribution in [0.3, 0.4) is 0 Å². The fourth-order valence-electron chi connectivity index (χ4n) is 2.16. The Morgan fingerprint density at radius 3 is 2.54 bits per heavy atom. The van der Waals surface area contributed by atoms with Crippen LogP contribution >= 0.6 is 0 Å². The number of ether oxygens (including phenoxy) is 1. The van der Waals surface area contributed by atoms with Crippen LogP contribution in [0.25, 0.3) is 0 Å². The Bertz CT molecular complexity index is 718. The first-order valence-corrected chi connectivity index (χ1v) is 7.41. The van der Waals surface area contributed by atoms with Gasteiger partial charge in [-0.25, -0.2) is 9.18 Å². The van der Waals surface area contributed by atoms with Gasteiger partial charge in [0.1, 0.15) is 12.4 Å². The van der Waals surface area contributed by atoms with Crippen LogP contribution in [0.5, 0.6) is 0 Å². The van der Waals surface area contributed by atoms with Gasteiger partial charge >= 0.3 is 12.1 Å². The van der Waals surface area contributed by atoms with Gasteiger partial charge in [0.05, 0.1) is 12.5 Å². The van der Waals surface area contributed by atoms with Crippen LogP contribution < -0.4 is 5.32 Å². The summed E-state index contributed by atoms with van der Waals surface area (Å²) in [6.45, 7) is 1.67. The predicted octanol–water partition coefficient (Wildman–Crippen LogP) is 3.58. The molecule has 0 aromatic heterocycles. The molecule has 0 aliphatic heterocycles. The Labute approximate surface area is 139 Å². The number of benzene rings is 2. The molecule has 1 amide bonds. The molecule has 1 atom stereocenters. The number of amides is 1. The second-order valence-corrected chi connectivity index (χ2v) is 5.37. The quantitative estimate of drug-likeness (QED) is 0.848. The molecule has 5 nitrogen and oxygen atoms in total. The number of hydrogen-bond acceptors (Lipinski definition) is 3. The van der Waals surface area contributed by atoms with Gasteiger partial charge in [0.25, 0.3) is 0 Å². The predicted molar refractivity (Wildman–Crippen MR) is 85.9 cm³/mol. The normalized spacial score (nSPS) is 11.6. The number of alkyl carbamates (subject to hydrolysis) is 1. The molecule has 0 saturated carbocycles. The lowest BCUT2D eigenvalue weighted by Crippen LogP contribution is -2.30. The minimum absolute atomic E-state index is 0.0642. The van der Waals surface area contributed by atoms with E-state index >= 15 is 0 Å². The minimum atomic E-state index is -1.11. The van der Waals surface area contributed by atoms with E-state index in [2.05, 4.69) is 5.32 Å². The largest absolute Gasteiger partial charge is 0.481 e. The summed E-state index contributed by atoms with van der Waals surface area (Å²) in [6.07, 6.45) is -1.13. The fraction of sp³-hybridized carbons (Fsp3) is 0.222. The smallest absolute Gasteiger partial charge is 0.407 e. The molecule has 126 valence electrons. The van der Waals surface area contributed by atoms with Crippen molar-refractivity contribution in [2.45, 2.75) is 26.0 Å². The SMILES string of the molecule is Cc1ccc([C@H](CC(=O)O)NC(=O)OCc2ccccc2)cc1F. The Kier molecular flexibility index (Phi) is 5.89. The maximum Gasteiger partial charge on any atom is 0.407 e. The lowest BCUT2D eigenvalue weighted by atomic mass is 10.0. The first-order chi connectivity index (χ1) is 11.5. The van der Waals surface area contributed by atoms with E-state index < -0.39 is 23.9 Å². The molecule has 2 aromatic rings. The van der Waals surface area contributed by atoms with Crippen molar-refractivity contribution in [3.05, 3.63) is 71.0 Å². The number of rotatable bonds is 6. The molecular weight excluding hydrogens is 313 g/mol. The molecule has 0 heterocycles. The highest BCUT2D eigenvalue weighted by atomic mass is 19.1. The molecule has 0 aliphatic rings. The summed E-state index contributed by atoms with van der Waals surface area (Å²) in [7, 11) is 0. The zero-order valence-corrected chi connectivity index (χ0v) is 13.2. The molecule has 0 unspecified atom stereocenters. The summed E-state index contributed by atoms with van der Waals surface area (Å²) < 4.78 is 18.8. The topological polar surface area (TPSA) is 75.6 Å². The Hall–Kier alpha value is -2.89. The molecule has 0 fully saturated rings. The maximum absolute atomic E-state index is 13.7. The van der Waals surface area contributed by atoms with E-state index in [0.29, 0.717) is 11.1 Å². The number of aryl methyl sites for hydroxylation is 1. The molecule has 0 bridgehead atoms. The van der Waals surface area contributed by atoms with Crippen molar-refractivity contribution in [1.29, 1.82) is 0 Å². The van der Waals surface area contributed by atoms with E-state index in [0.717, 1.165) is 5.56 Å². The third kappa shape index (κ3) is 5.08. The molecule has 0 radical (unpaired) electrons. The molecule has 2 rings (SSSR count). The summed E-state index contributed by atoms with van der Waals surface area (Å²) in [4.78, 5) is 22.9. The second kappa shape index (κ2) is 8.10. The van der Waals surface area contributed by atoms with Crippen molar-refractivity contribution in [3.63, 3.8) is 0 Å².